The van der Waals surface area contributed by atoms with Crippen LogP contribution < -0.4 is 0 Å². The number of aromatic nitrogens is 2. The van der Waals surface area contributed by atoms with Gasteiger partial charge in [-0.15, -0.1) is 0 Å². The van der Waals surface area contributed by atoms with E-state index in [1.54, 1.807) is 11.1 Å². The third kappa shape index (κ3) is 1.90. The van der Waals surface area contributed by atoms with Gasteiger partial charge in [0.15, 0.2) is 0 Å². The topological polar surface area (TPSA) is 66.3 Å². The predicted octanol–water partition coefficient (Wildman–Crippen LogP) is 0.382. The molecule has 1 N–H and O–H groups in total. The number of carbonyl (C=O) groups is 1. The SMILES string of the molecule is CCC1(O)CN(C(=O)c2cnc(C)cn2)C1. The highest BCUT2D eigenvalue weighted by atomic mass is 16.3. The van der Waals surface area contributed by atoms with E-state index in [0.29, 0.717) is 25.2 Å². The van der Waals surface area contributed by atoms with Gasteiger partial charge in [0.25, 0.3) is 5.91 Å². The fourth-order valence-corrected chi connectivity index (χ4v) is 1.70. The molecule has 0 aromatic carbocycles. The van der Waals surface area contributed by atoms with Gasteiger partial charge in [-0.3, -0.25) is 9.78 Å². The van der Waals surface area contributed by atoms with E-state index in [1.165, 1.54) is 6.20 Å². The number of nitrogens with zero attached hydrogens (tertiary/aromatic N) is 3. The van der Waals surface area contributed by atoms with Crippen LogP contribution in [0.3, 0.4) is 0 Å². The second-order valence-corrected chi connectivity index (χ2v) is 4.28. The summed E-state index contributed by atoms with van der Waals surface area (Å²) in [5.41, 5.74) is 0.419. The zero-order chi connectivity index (χ0) is 11.8. The average molecular weight is 221 g/mol. The molecule has 16 heavy (non-hydrogen) atoms. The molecule has 0 bridgehead atoms. The predicted molar refractivity (Wildman–Crippen MR) is 57.9 cm³/mol. The van der Waals surface area contributed by atoms with Gasteiger partial charge in [0, 0.05) is 6.20 Å². The van der Waals surface area contributed by atoms with E-state index >= 15 is 0 Å². The molecular formula is C11H15N3O2. The second-order valence-electron chi connectivity index (χ2n) is 4.28. The molecule has 5 heteroatoms. The van der Waals surface area contributed by atoms with Crippen molar-refractivity contribution in [2.24, 2.45) is 0 Å². The number of hydrogen-bond acceptors (Lipinski definition) is 4. The number of amides is 1. The van der Waals surface area contributed by atoms with Crippen molar-refractivity contribution in [1.29, 1.82) is 0 Å². The van der Waals surface area contributed by atoms with Crippen LogP contribution in [0.4, 0.5) is 0 Å². The molecule has 2 rings (SSSR count). The van der Waals surface area contributed by atoms with Crippen LogP contribution in [0.25, 0.3) is 0 Å². The van der Waals surface area contributed by atoms with E-state index < -0.39 is 5.60 Å². The van der Waals surface area contributed by atoms with Crippen molar-refractivity contribution in [3.05, 3.63) is 23.8 Å². The van der Waals surface area contributed by atoms with Gasteiger partial charge in [-0.25, -0.2) is 4.98 Å². The van der Waals surface area contributed by atoms with Crippen LogP contribution in [0.15, 0.2) is 12.4 Å². The van der Waals surface area contributed by atoms with Crippen molar-refractivity contribution in [3.63, 3.8) is 0 Å². The van der Waals surface area contributed by atoms with Crippen LogP contribution in [-0.4, -0.2) is 44.6 Å². The molecule has 1 fully saturated rings. The fraction of sp³-hybridized carbons (Fsp3) is 0.545. The summed E-state index contributed by atoms with van der Waals surface area (Å²) in [5, 5.41) is 9.80. The van der Waals surface area contributed by atoms with Gasteiger partial charge < -0.3 is 10.0 Å². The average Bonchev–Trinajstić information content (AvgIpc) is 2.25. The molecule has 0 unspecified atom stereocenters. The van der Waals surface area contributed by atoms with Crippen molar-refractivity contribution >= 4 is 5.91 Å². The van der Waals surface area contributed by atoms with Crippen LogP contribution in [0.5, 0.6) is 0 Å². The molecule has 1 aliphatic rings. The van der Waals surface area contributed by atoms with Gasteiger partial charge in [-0.05, 0) is 13.3 Å². The lowest BCUT2D eigenvalue weighted by atomic mass is 9.91. The number of carbonyl (C=O) groups excluding carboxylic acids is 1. The Bertz CT molecular complexity index is 396. The molecular weight excluding hydrogens is 206 g/mol. The monoisotopic (exact) mass is 221 g/mol. The zero-order valence-corrected chi connectivity index (χ0v) is 9.47. The number of hydrogen-bond donors (Lipinski definition) is 1. The number of rotatable bonds is 2. The van der Waals surface area contributed by atoms with Gasteiger partial charge in [-0.2, -0.15) is 0 Å². The number of likely N-dealkylation sites (tertiary alicyclic amines) is 1. The Morgan fingerprint density at radius 1 is 1.50 bits per heavy atom. The van der Waals surface area contributed by atoms with Crippen LogP contribution in [0.2, 0.25) is 0 Å². The van der Waals surface area contributed by atoms with Crippen molar-refractivity contribution in [1.82, 2.24) is 14.9 Å². The molecule has 1 aliphatic heterocycles. The molecule has 0 saturated carbocycles. The van der Waals surface area contributed by atoms with Gasteiger partial charge in [0.2, 0.25) is 0 Å². The third-order valence-corrected chi connectivity index (χ3v) is 2.92. The standard InChI is InChI=1S/C11H15N3O2/c1-3-11(16)6-14(7-11)10(15)9-5-12-8(2)4-13-9/h4-5,16H,3,6-7H2,1-2H3. The Kier molecular flexibility index (Phi) is 2.63. The molecule has 1 amide bonds. The van der Waals surface area contributed by atoms with E-state index in [9.17, 15) is 9.90 Å². The first-order valence-corrected chi connectivity index (χ1v) is 5.34. The highest BCUT2D eigenvalue weighted by Gasteiger charge is 2.42. The number of aryl methyl sites for hydroxylation is 1. The first-order chi connectivity index (χ1) is 7.54. The minimum atomic E-state index is -0.701. The molecule has 0 aliphatic carbocycles. The van der Waals surface area contributed by atoms with Crippen LogP contribution >= 0.6 is 0 Å². The first-order valence-electron chi connectivity index (χ1n) is 5.34. The quantitative estimate of drug-likeness (QED) is 0.784. The van der Waals surface area contributed by atoms with Crippen LogP contribution in [0, 0.1) is 6.92 Å². The summed E-state index contributed by atoms with van der Waals surface area (Å²) in [6.45, 7) is 4.50. The minimum Gasteiger partial charge on any atom is -0.386 e. The lowest BCUT2D eigenvalue weighted by molar-refractivity contribution is -0.0828. The van der Waals surface area contributed by atoms with E-state index in [-0.39, 0.29) is 5.91 Å². The highest BCUT2D eigenvalue weighted by Crippen LogP contribution is 2.25. The summed E-state index contributed by atoms with van der Waals surface area (Å²) in [4.78, 5) is 21.5. The normalized spacial score (nSPS) is 18.1. The van der Waals surface area contributed by atoms with Crippen molar-refractivity contribution < 1.29 is 9.90 Å². The summed E-state index contributed by atoms with van der Waals surface area (Å²) in [6.07, 6.45) is 3.70. The maximum Gasteiger partial charge on any atom is 0.274 e. The van der Waals surface area contributed by atoms with Crippen LogP contribution in [0.1, 0.15) is 29.5 Å². The molecule has 0 spiro atoms. The third-order valence-electron chi connectivity index (χ3n) is 2.92. The molecule has 1 aromatic rings. The summed E-state index contributed by atoms with van der Waals surface area (Å²) >= 11 is 0. The fourth-order valence-electron chi connectivity index (χ4n) is 1.70. The summed E-state index contributed by atoms with van der Waals surface area (Å²) in [5.74, 6) is -0.161. The zero-order valence-electron chi connectivity index (χ0n) is 9.47. The minimum absolute atomic E-state index is 0.161. The van der Waals surface area contributed by atoms with Crippen molar-refractivity contribution in [3.8, 4) is 0 Å². The van der Waals surface area contributed by atoms with E-state index in [2.05, 4.69) is 9.97 Å². The Balaban J connectivity index is 2.03. The Labute approximate surface area is 94.1 Å². The van der Waals surface area contributed by atoms with E-state index in [1.807, 2.05) is 13.8 Å². The van der Waals surface area contributed by atoms with Gasteiger partial charge in [0.05, 0.1) is 30.6 Å². The lowest BCUT2D eigenvalue weighted by Gasteiger charge is -2.45. The Morgan fingerprint density at radius 2 is 2.19 bits per heavy atom. The van der Waals surface area contributed by atoms with Gasteiger partial charge in [0.1, 0.15) is 5.69 Å². The molecule has 1 aromatic heterocycles. The lowest BCUT2D eigenvalue weighted by Crippen LogP contribution is -2.63. The maximum atomic E-state index is 11.9. The molecule has 2 heterocycles. The second kappa shape index (κ2) is 3.83. The molecule has 5 nitrogen and oxygen atoms in total. The number of aliphatic hydroxyl groups is 1. The first kappa shape index (κ1) is 11.0. The summed E-state index contributed by atoms with van der Waals surface area (Å²) < 4.78 is 0. The van der Waals surface area contributed by atoms with E-state index in [0.717, 1.165) is 5.69 Å². The molecule has 0 radical (unpaired) electrons. The Morgan fingerprint density at radius 3 is 2.69 bits per heavy atom. The van der Waals surface area contributed by atoms with Crippen LogP contribution in [-0.2, 0) is 0 Å². The maximum absolute atomic E-state index is 11.9. The summed E-state index contributed by atoms with van der Waals surface area (Å²) in [6, 6.07) is 0. The highest BCUT2D eigenvalue weighted by molar-refractivity contribution is 5.92. The molecule has 0 atom stereocenters. The van der Waals surface area contributed by atoms with E-state index in [4.69, 9.17) is 0 Å². The smallest absolute Gasteiger partial charge is 0.274 e. The van der Waals surface area contributed by atoms with Crippen molar-refractivity contribution in [2.75, 3.05) is 13.1 Å². The largest absolute Gasteiger partial charge is 0.386 e. The van der Waals surface area contributed by atoms with Gasteiger partial charge in [-0.1, -0.05) is 6.92 Å². The van der Waals surface area contributed by atoms with Gasteiger partial charge >= 0.3 is 0 Å². The summed E-state index contributed by atoms with van der Waals surface area (Å²) in [7, 11) is 0. The van der Waals surface area contributed by atoms with Crippen molar-refractivity contribution in [2.45, 2.75) is 25.9 Å². The molecule has 1 saturated heterocycles. The Hall–Kier alpha value is -1.49. The number of β-amino-alcohol motifs (C(OH)–C–C–N with tert-alkyl or cyclic N) is 1. The molecule has 86 valence electrons.